The van der Waals surface area contributed by atoms with Gasteiger partial charge in [0.25, 0.3) is 5.91 Å². The fourth-order valence-corrected chi connectivity index (χ4v) is 2.58. The molecule has 0 unspecified atom stereocenters. The minimum atomic E-state index is -0.280. The SMILES string of the molecule is CC(C)CCOc1cccc(NC(=S)NC(=O)c2ccc(OC(C)C)cc2)c1. The van der Waals surface area contributed by atoms with Crippen LogP contribution < -0.4 is 20.1 Å². The van der Waals surface area contributed by atoms with Crippen molar-refractivity contribution < 1.29 is 14.3 Å². The van der Waals surface area contributed by atoms with Gasteiger partial charge in [0.15, 0.2) is 5.11 Å². The smallest absolute Gasteiger partial charge is 0.257 e. The van der Waals surface area contributed by atoms with Gasteiger partial charge < -0.3 is 14.8 Å². The molecule has 0 aliphatic carbocycles. The van der Waals surface area contributed by atoms with Crippen molar-refractivity contribution in [1.29, 1.82) is 0 Å². The quantitative estimate of drug-likeness (QED) is 0.609. The van der Waals surface area contributed by atoms with Crippen LogP contribution in [-0.2, 0) is 0 Å². The van der Waals surface area contributed by atoms with E-state index in [1.807, 2.05) is 38.1 Å². The first-order valence-corrected chi connectivity index (χ1v) is 9.86. The number of hydrogen-bond donors (Lipinski definition) is 2. The zero-order valence-electron chi connectivity index (χ0n) is 16.8. The first kappa shape index (κ1) is 21.7. The Balaban J connectivity index is 1.88. The Kier molecular flexibility index (Phi) is 8.26. The number of ether oxygens (including phenoxy) is 2. The molecule has 0 heterocycles. The van der Waals surface area contributed by atoms with Crippen molar-refractivity contribution in [3.05, 3.63) is 54.1 Å². The zero-order valence-corrected chi connectivity index (χ0v) is 17.6. The first-order chi connectivity index (χ1) is 13.3. The molecule has 0 atom stereocenters. The Morgan fingerprint density at radius 1 is 1.04 bits per heavy atom. The lowest BCUT2D eigenvalue weighted by Crippen LogP contribution is -2.34. The predicted molar refractivity (Wildman–Crippen MR) is 117 cm³/mol. The zero-order chi connectivity index (χ0) is 20.5. The van der Waals surface area contributed by atoms with E-state index >= 15 is 0 Å². The van der Waals surface area contributed by atoms with Crippen molar-refractivity contribution in [2.24, 2.45) is 5.92 Å². The summed E-state index contributed by atoms with van der Waals surface area (Å²) in [5.74, 6) is 1.80. The average molecular weight is 401 g/mol. The van der Waals surface area contributed by atoms with Gasteiger partial charge in [-0.2, -0.15) is 0 Å². The number of rotatable bonds is 8. The number of thiocarbonyl (C=S) groups is 1. The molecule has 0 aliphatic heterocycles. The largest absolute Gasteiger partial charge is 0.494 e. The van der Waals surface area contributed by atoms with E-state index in [4.69, 9.17) is 21.7 Å². The minimum Gasteiger partial charge on any atom is -0.494 e. The second-order valence-electron chi connectivity index (χ2n) is 7.16. The van der Waals surface area contributed by atoms with Gasteiger partial charge >= 0.3 is 0 Å². The maximum atomic E-state index is 12.3. The molecular weight excluding hydrogens is 372 g/mol. The number of anilines is 1. The van der Waals surface area contributed by atoms with E-state index in [0.717, 1.165) is 23.6 Å². The van der Waals surface area contributed by atoms with E-state index in [1.165, 1.54) is 0 Å². The summed E-state index contributed by atoms with van der Waals surface area (Å²) in [4.78, 5) is 12.3. The van der Waals surface area contributed by atoms with E-state index < -0.39 is 0 Å². The summed E-state index contributed by atoms with van der Waals surface area (Å²) in [5.41, 5.74) is 1.26. The van der Waals surface area contributed by atoms with Crippen LogP contribution in [0.2, 0.25) is 0 Å². The molecule has 2 N–H and O–H groups in total. The number of nitrogens with one attached hydrogen (secondary N) is 2. The van der Waals surface area contributed by atoms with Gasteiger partial charge in [0.2, 0.25) is 0 Å². The molecule has 150 valence electrons. The summed E-state index contributed by atoms with van der Waals surface area (Å²) in [6.45, 7) is 8.89. The van der Waals surface area contributed by atoms with Gasteiger partial charge in [0.05, 0.1) is 12.7 Å². The second kappa shape index (κ2) is 10.7. The summed E-state index contributed by atoms with van der Waals surface area (Å²) in [5, 5.41) is 5.93. The Bertz CT molecular complexity index is 789. The number of benzene rings is 2. The van der Waals surface area contributed by atoms with Crippen LogP contribution in [0.1, 0.15) is 44.5 Å². The number of carbonyl (C=O) groups excluding carboxylic acids is 1. The maximum Gasteiger partial charge on any atom is 0.257 e. The number of hydrogen-bond acceptors (Lipinski definition) is 4. The topological polar surface area (TPSA) is 59.6 Å². The average Bonchev–Trinajstić information content (AvgIpc) is 2.61. The molecular formula is C22H28N2O3S. The monoisotopic (exact) mass is 400 g/mol. The highest BCUT2D eigenvalue weighted by molar-refractivity contribution is 7.80. The highest BCUT2D eigenvalue weighted by atomic mass is 32.1. The van der Waals surface area contributed by atoms with Crippen LogP contribution in [-0.4, -0.2) is 23.7 Å². The van der Waals surface area contributed by atoms with E-state index in [9.17, 15) is 4.79 Å². The summed E-state index contributed by atoms with van der Waals surface area (Å²) < 4.78 is 11.3. The van der Waals surface area contributed by atoms with Gasteiger partial charge in [-0.1, -0.05) is 19.9 Å². The van der Waals surface area contributed by atoms with Crippen LogP contribution in [0.25, 0.3) is 0 Å². The highest BCUT2D eigenvalue weighted by Gasteiger charge is 2.09. The normalized spacial score (nSPS) is 10.6. The molecule has 0 radical (unpaired) electrons. The fourth-order valence-electron chi connectivity index (χ4n) is 2.37. The van der Waals surface area contributed by atoms with Crippen LogP contribution in [0.3, 0.4) is 0 Å². The van der Waals surface area contributed by atoms with Crippen LogP contribution in [0, 0.1) is 5.92 Å². The van der Waals surface area contributed by atoms with Crippen LogP contribution in [0.15, 0.2) is 48.5 Å². The molecule has 28 heavy (non-hydrogen) atoms. The predicted octanol–water partition coefficient (Wildman–Crippen LogP) is 5.03. The van der Waals surface area contributed by atoms with Gasteiger partial charge in [-0.25, -0.2) is 0 Å². The van der Waals surface area contributed by atoms with Crippen LogP contribution >= 0.6 is 12.2 Å². The molecule has 6 heteroatoms. The lowest BCUT2D eigenvalue weighted by molar-refractivity contribution is 0.0977. The standard InChI is InChI=1S/C22H28N2O3S/c1-15(2)12-13-26-20-7-5-6-18(14-20)23-22(28)24-21(25)17-8-10-19(11-9-17)27-16(3)4/h5-11,14-16H,12-13H2,1-4H3,(H2,23,24,25,28). The lowest BCUT2D eigenvalue weighted by Gasteiger charge is -2.13. The number of carbonyl (C=O) groups is 1. The lowest BCUT2D eigenvalue weighted by atomic mass is 10.1. The molecule has 0 spiro atoms. The molecule has 5 nitrogen and oxygen atoms in total. The highest BCUT2D eigenvalue weighted by Crippen LogP contribution is 2.18. The summed E-state index contributed by atoms with van der Waals surface area (Å²) in [6.07, 6.45) is 1.08. The third-order valence-corrected chi connectivity index (χ3v) is 3.98. The molecule has 0 aromatic heterocycles. The van der Waals surface area contributed by atoms with Gasteiger partial charge in [0, 0.05) is 17.3 Å². The molecule has 2 rings (SSSR count). The molecule has 0 bridgehead atoms. The molecule has 2 aromatic rings. The van der Waals surface area contributed by atoms with Crippen LogP contribution in [0.4, 0.5) is 5.69 Å². The van der Waals surface area contributed by atoms with E-state index in [0.29, 0.717) is 18.1 Å². The van der Waals surface area contributed by atoms with Crippen molar-refractivity contribution in [3.8, 4) is 11.5 Å². The van der Waals surface area contributed by atoms with Crippen molar-refractivity contribution in [1.82, 2.24) is 5.32 Å². The summed E-state index contributed by atoms with van der Waals surface area (Å²) in [7, 11) is 0. The van der Waals surface area contributed by atoms with Gasteiger partial charge in [-0.3, -0.25) is 10.1 Å². The molecule has 0 aliphatic rings. The van der Waals surface area contributed by atoms with Gasteiger partial charge in [-0.15, -0.1) is 0 Å². The Morgan fingerprint density at radius 2 is 1.75 bits per heavy atom. The Morgan fingerprint density at radius 3 is 2.39 bits per heavy atom. The third-order valence-electron chi connectivity index (χ3n) is 3.77. The van der Waals surface area contributed by atoms with E-state index in [2.05, 4.69) is 24.5 Å². The van der Waals surface area contributed by atoms with Gasteiger partial charge in [-0.05, 0) is 74.8 Å². The second-order valence-corrected chi connectivity index (χ2v) is 7.57. The summed E-state index contributed by atoms with van der Waals surface area (Å²) in [6, 6.07) is 14.5. The van der Waals surface area contributed by atoms with Crippen molar-refractivity contribution in [3.63, 3.8) is 0 Å². The number of amides is 1. The van der Waals surface area contributed by atoms with Crippen molar-refractivity contribution >= 4 is 28.9 Å². The minimum absolute atomic E-state index is 0.0848. The fraction of sp³-hybridized carbons (Fsp3) is 0.364. The molecule has 0 fully saturated rings. The maximum absolute atomic E-state index is 12.3. The molecule has 0 saturated carbocycles. The first-order valence-electron chi connectivity index (χ1n) is 9.45. The van der Waals surface area contributed by atoms with Crippen molar-refractivity contribution in [2.45, 2.75) is 40.2 Å². The van der Waals surface area contributed by atoms with Gasteiger partial charge in [0.1, 0.15) is 11.5 Å². The van der Waals surface area contributed by atoms with E-state index in [1.54, 1.807) is 24.3 Å². The molecule has 0 saturated heterocycles. The third kappa shape index (κ3) is 7.56. The van der Waals surface area contributed by atoms with Crippen molar-refractivity contribution in [2.75, 3.05) is 11.9 Å². The Labute approximate surface area is 172 Å². The van der Waals surface area contributed by atoms with E-state index in [-0.39, 0.29) is 17.1 Å². The summed E-state index contributed by atoms with van der Waals surface area (Å²) >= 11 is 5.25. The van der Waals surface area contributed by atoms with Crippen LogP contribution in [0.5, 0.6) is 11.5 Å². The molecule has 1 amide bonds. The molecule has 2 aromatic carbocycles. The Hall–Kier alpha value is -2.60.